The van der Waals surface area contributed by atoms with E-state index in [0.717, 1.165) is 12.1 Å². The van der Waals surface area contributed by atoms with Gasteiger partial charge in [0.05, 0.1) is 24.8 Å². The second-order valence-electron chi connectivity index (χ2n) is 6.62. The van der Waals surface area contributed by atoms with Gasteiger partial charge in [-0.15, -0.1) is 0 Å². The molecule has 0 unspecified atom stereocenters. The first-order valence-electron chi connectivity index (χ1n) is 7.74. The van der Waals surface area contributed by atoms with E-state index in [-0.39, 0.29) is 6.61 Å². The monoisotopic (exact) mass is 363 g/mol. The Morgan fingerprint density at radius 3 is 2.16 bits per heavy atom. The number of methoxy groups -OCH3 is 1. The van der Waals surface area contributed by atoms with Crippen molar-refractivity contribution in [2.45, 2.75) is 44.5 Å². The van der Waals surface area contributed by atoms with E-state index in [9.17, 15) is 23.1 Å². The Hall–Kier alpha value is -1.80. The van der Waals surface area contributed by atoms with E-state index < -0.39 is 42.0 Å². The first-order chi connectivity index (χ1) is 11.5. The second-order valence-corrected chi connectivity index (χ2v) is 6.62. The van der Waals surface area contributed by atoms with E-state index in [4.69, 9.17) is 9.47 Å². The number of rotatable bonds is 6. The number of halogens is 3. The Morgan fingerprint density at radius 1 is 1.20 bits per heavy atom. The number of alkyl carbamates (subject to hydrolysis) is 1. The van der Waals surface area contributed by atoms with Gasteiger partial charge in [-0.2, -0.15) is 13.2 Å². The largest absolute Gasteiger partial charge is 0.444 e. The third-order valence-corrected chi connectivity index (χ3v) is 3.40. The summed E-state index contributed by atoms with van der Waals surface area (Å²) in [5, 5.41) is 12.1. The van der Waals surface area contributed by atoms with Gasteiger partial charge in [-0.1, -0.05) is 12.1 Å². The van der Waals surface area contributed by atoms with Crippen LogP contribution in [-0.2, 0) is 15.7 Å². The van der Waals surface area contributed by atoms with E-state index in [0.29, 0.717) is 5.56 Å². The van der Waals surface area contributed by atoms with Crippen LogP contribution in [0.1, 0.15) is 37.8 Å². The zero-order valence-corrected chi connectivity index (χ0v) is 14.7. The highest BCUT2D eigenvalue weighted by atomic mass is 19.4. The number of ether oxygens (including phenoxy) is 2. The fraction of sp³-hybridized carbons (Fsp3) is 0.588. The lowest BCUT2D eigenvalue weighted by Gasteiger charge is -2.28. The Morgan fingerprint density at radius 2 is 1.76 bits per heavy atom. The molecule has 0 aliphatic rings. The number of hydrogen-bond donors (Lipinski definition) is 2. The Bertz CT molecular complexity index is 552. The number of benzene rings is 1. The third kappa shape index (κ3) is 6.91. The molecule has 142 valence electrons. The molecule has 5 nitrogen and oxygen atoms in total. The van der Waals surface area contributed by atoms with Crippen LogP contribution < -0.4 is 5.32 Å². The topological polar surface area (TPSA) is 67.8 Å². The Labute approximate surface area is 145 Å². The van der Waals surface area contributed by atoms with Crippen molar-refractivity contribution < 1.29 is 32.5 Å². The van der Waals surface area contributed by atoms with Crippen LogP contribution in [0.25, 0.3) is 0 Å². The molecular formula is C17H24F3NO4. The number of nitrogens with one attached hydrogen (secondary N) is 1. The van der Waals surface area contributed by atoms with Gasteiger partial charge in [0.25, 0.3) is 0 Å². The minimum absolute atomic E-state index is 0.104. The smallest absolute Gasteiger partial charge is 0.416 e. The number of carbonyl (C=O) groups is 1. The molecule has 0 bridgehead atoms. The maximum atomic E-state index is 12.7. The van der Waals surface area contributed by atoms with Crippen molar-refractivity contribution in [2.75, 3.05) is 20.3 Å². The summed E-state index contributed by atoms with van der Waals surface area (Å²) < 4.78 is 48.3. The zero-order chi connectivity index (χ0) is 19.3. The molecular weight excluding hydrogens is 339 g/mol. The number of amides is 1. The summed E-state index contributed by atoms with van der Waals surface area (Å²) in [5.74, 6) is -0.537. The van der Waals surface area contributed by atoms with Crippen molar-refractivity contribution in [1.29, 1.82) is 0 Å². The van der Waals surface area contributed by atoms with Crippen LogP contribution in [0.2, 0.25) is 0 Å². The molecule has 1 rings (SSSR count). The number of hydrogen-bond acceptors (Lipinski definition) is 4. The maximum Gasteiger partial charge on any atom is 0.416 e. The molecule has 0 spiro atoms. The van der Waals surface area contributed by atoms with E-state index in [1.54, 1.807) is 20.8 Å². The minimum Gasteiger partial charge on any atom is -0.444 e. The molecule has 0 radical (unpaired) electrons. The van der Waals surface area contributed by atoms with Crippen LogP contribution >= 0.6 is 0 Å². The molecule has 25 heavy (non-hydrogen) atoms. The summed E-state index contributed by atoms with van der Waals surface area (Å²) in [6.07, 6.45) is -5.15. The van der Waals surface area contributed by atoms with E-state index >= 15 is 0 Å². The minimum atomic E-state index is -4.43. The van der Waals surface area contributed by atoms with Crippen LogP contribution in [-0.4, -0.2) is 43.2 Å². The maximum absolute atomic E-state index is 12.7. The van der Waals surface area contributed by atoms with Crippen LogP contribution in [0.5, 0.6) is 0 Å². The van der Waals surface area contributed by atoms with E-state index in [1.165, 1.54) is 19.2 Å². The Kier molecular flexibility index (Phi) is 7.25. The van der Waals surface area contributed by atoms with Crippen molar-refractivity contribution in [2.24, 2.45) is 0 Å². The first-order valence-corrected chi connectivity index (χ1v) is 7.74. The lowest BCUT2D eigenvalue weighted by atomic mass is 9.91. The summed E-state index contributed by atoms with van der Waals surface area (Å²) >= 11 is 0. The molecule has 0 saturated carbocycles. The summed E-state index contributed by atoms with van der Waals surface area (Å²) in [7, 11) is 1.43. The van der Waals surface area contributed by atoms with Crippen LogP contribution in [0, 0.1) is 0 Å². The van der Waals surface area contributed by atoms with Crippen molar-refractivity contribution in [3.8, 4) is 0 Å². The second kappa shape index (κ2) is 8.53. The summed E-state index contributed by atoms with van der Waals surface area (Å²) in [6, 6.07) is 3.77. The van der Waals surface area contributed by atoms with Crippen molar-refractivity contribution in [3.63, 3.8) is 0 Å². The molecule has 0 aromatic heterocycles. The number of carbonyl (C=O) groups excluding carboxylic acids is 1. The highest BCUT2D eigenvalue weighted by molar-refractivity contribution is 5.68. The molecule has 1 amide bonds. The molecule has 2 atom stereocenters. The molecule has 1 aromatic rings. The normalized spacial score (nSPS) is 14.7. The molecule has 1 aromatic carbocycles. The van der Waals surface area contributed by atoms with Crippen LogP contribution in [0.3, 0.4) is 0 Å². The molecule has 0 fully saturated rings. The number of aliphatic hydroxyl groups excluding tert-OH is 1. The molecule has 0 saturated heterocycles. The lowest BCUT2D eigenvalue weighted by Crippen LogP contribution is -2.45. The standard InChI is InChI=1S/C17H24F3NO4/c1-16(2,3)25-15(23)21-14(9-22)13(10-24-4)11-5-7-12(8-6-11)17(18,19)20/h5-8,13-14,22H,9-10H2,1-4H3,(H,21,23)/t13-,14+/m1/s1. The highest BCUT2D eigenvalue weighted by Crippen LogP contribution is 2.31. The van der Waals surface area contributed by atoms with Gasteiger partial charge >= 0.3 is 12.3 Å². The number of aliphatic hydroxyl groups is 1. The summed E-state index contributed by atoms with van der Waals surface area (Å²) in [5.41, 5.74) is -0.979. The number of alkyl halides is 3. The SMILES string of the molecule is COC[C@H](c1ccc(C(F)(F)F)cc1)[C@H](CO)NC(=O)OC(C)(C)C. The molecule has 0 aliphatic heterocycles. The van der Waals surface area contributed by atoms with Crippen molar-refractivity contribution >= 4 is 6.09 Å². The van der Waals surface area contributed by atoms with Gasteiger partial charge in [-0.3, -0.25) is 0 Å². The summed E-state index contributed by atoms with van der Waals surface area (Å²) in [6.45, 7) is 4.77. The molecule has 0 heterocycles. The molecule has 8 heteroatoms. The van der Waals surface area contributed by atoms with Gasteiger partial charge in [-0.25, -0.2) is 4.79 Å². The highest BCUT2D eigenvalue weighted by Gasteiger charge is 2.31. The van der Waals surface area contributed by atoms with Gasteiger partial charge in [-0.05, 0) is 38.5 Å². The molecule has 2 N–H and O–H groups in total. The fourth-order valence-electron chi connectivity index (χ4n) is 2.28. The van der Waals surface area contributed by atoms with Gasteiger partial charge in [0.15, 0.2) is 0 Å². The van der Waals surface area contributed by atoms with Crippen molar-refractivity contribution in [3.05, 3.63) is 35.4 Å². The van der Waals surface area contributed by atoms with E-state index in [2.05, 4.69) is 5.32 Å². The van der Waals surface area contributed by atoms with Crippen LogP contribution in [0.15, 0.2) is 24.3 Å². The zero-order valence-electron chi connectivity index (χ0n) is 14.7. The lowest BCUT2D eigenvalue weighted by molar-refractivity contribution is -0.137. The third-order valence-electron chi connectivity index (χ3n) is 3.40. The average Bonchev–Trinajstić information content (AvgIpc) is 2.48. The quantitative estimate of drug-likeness (QED) is 0.814. The van der Waals surface area contributed by atoms with Gasteiger partial charge in [0.2, 0.25) is 0 Å². The first kappa shape index (κ1) is 21.2. The van der Waals surface area contributed by atoms with Gasteiger partial charge < -0.3 is 19.9 Å². The van der Waals surface area contributed by atoms with Crippen molar-refractivity contribution in [1.82, 2.24) is 5.32 Å². The van der Waals surface area contributed by atoms with Crippen LogP contribution in [0.4, 0.5) is 18.0 Å². The summed E-state index contributed by atoms with van der Waals surface area (Å²) in [4.78, 5) is 11.9. The fourth-order valence-corrected chi connectivity index (χ4v) is 2.28. The Balaban J connectivity index is 2.97. The van der Waals surface area contributed by atoms with E-state index in [1.807, 2.05) is 0 Å². The molecule has 0 aliphatic carbocycles. The predicted octanol–water partition coefficient (Wildman–Crippen LogP) is 3.32. The average molecular weight is 363 g/mol. The van der Waals surface area contributed by atoms with Gasteiger partial charge in [0, 0.05) is 13.0 Å². The predicted molar refractivity (Wildman–Crippen MR) is 86.3 cm³/mol. The van der Waals surface area contributed by atoms with Gasteiger partial charge in [0.1, 0.15) is 5.60 Å².